The molecular weight excluding hydrogens is 200 g/mol. The largest absolute Gasteiger partial charge is 0.337 e. The number of nitrogens with one attached hydrogen (secondary N) is 1. The maximum atomic E-state index is 4.41. The fourth-order valence-electron chi connectivity index (χ4n) is 1.59. The number of rotatable bonds is 1. The third-order valence-electron chi connectivity index (χ3n) is 2.44. The summed E-state index contributed by atoms with van der Waals surface area (Å²) >= 11 is 0. The smallest absolute Gasteiger partial charge is 0.178 e. The number of aromatic nitrogens is 4. The lowest BCUT2D eigenvalue weighted by Gasteiger charge is -1.95. The van der Waals surface area contributed by atoms with Gasteiger partial charge in [-0.1, -0.05) is 0 Å². The van der Waals surface area contributed by atoms with E-state index >= 15 is 0 Å². The van der Waals surface area contributed by atoms with Crippen molar-refractivity contribution in [3.05, 3.63) is 42.4 Å². The quantitative estimate of drug-likeness (QED) is 0.670. The molecule has 0 aromatic carbocycles. The van der Waals surface area contributed by atoms with E-state index in [4.69, 9.17) is 0 Å². The van der Waals surface area contributed by atoms with Gasteiger partial charge in [-0.3, -0.25) is 4.98 Å². The van der Waals surface area contributed by atoms with Crippen LogP contribution in [0.2, 0.25) is 0 Å². The molecule has 3 rings (SSSR count). The van der Waals surface area contributed by atoms with Crippen LogP contribution in [-0.2, 0) is 0 Å². The summed E-state index contributed by atoms with van der Waals surface area (Å²) in [6.07, 6.45) is 3.55. The van der Waals surface area contributed by atoms with Crippen LogP contribution < -0.4 is 0 Å². The highest BCUT2D eigenvalue weighted by molar-refractivity contribution is 5.75. The number of aromatic amines is 1. The minimum atomic E-state index is 0.734. The van der Waals surface area contributed by atoms with Gasteiger partial charge in [-0.15, -0.1) is 0 Å². The first-order valence-corrected chi connectivity index (χ1v) is 5.07. The maximum absolute atomic E-state index is 4.41. The van der Waals surface area contributed by atoms with Crippen molar-refractivity contribution in [2.24, 2.45) is 0 Å². The summed E-state index contributed by atoms with van der Waals surface area (Å²) in [6.45, 7) is 1.96. The van der Waals surface area contributed by atoms with Crippen molar-refractivity contribution in [1.29, 1.82) is 0 Å². The van der Waals surface area contributed by atoms with Gasteiger partial charge >= 0.3 is 0 Å². The molecule has 0 saturated carbocycles. The Morgan fingerprint density at radius 1 is 1.12 bits per heavy atom. The van der Waals surface area contributed by atoms with Crippen LogP contribution in [0.3, 0.4) is 0 Å². The summed E-state index contributed by atoms with van der Waals surface area (Å²) in [5.74, 6) is 0.807. The normalized spacial score (nSPS) is 10.8. The van der Waals surface area contributed by atoms with Crippen LogP contribution in [0, 0.1) is 6.92 Å². The van der Waals surface area contributed by atoms with Crippen molar-refractivity contribution in [2.45, 2.75) is 6.92 Å². The molecule has 4 heteroatoms. The standard InChI is InChI=1S/C12H10N4/c1-8-4-5-9(7-14-8)11-15-10-3-2-6-13-12(10)16-11/h2-7H,1H3,(H,13,15,16). The molecule has 0 unspecified atom stereocenters. The van der Waals surface area contributed by atoms with Gasteiger partial charge in [-0.2, -0.15) is 0 Å². The average Bonchev–Trinajstić information content (AvgIpc) is 2.73. The second-order valence-corrected chi connectivity index (χ2v) is 3.65. The van der Waals surface area contributed by atoms with E-state index in [1.807, 2.05) is 37.4 Å². The van der Waals surface area contributed by atoms with Gasteiger partial charge in [-0.25, -0.2) is 9.97 Å². The molecule has 3 aromatic heterocycles. The fraction of sp³-hybridized carbons (Fsp3) is 0.0833. The van der Waals surface area contributed by atoms with Gasteiger partial charge in [0, 0.05) is 23.7 Å². The lowest BCUT2D eigenvalue weighted by atomic mass is 10.2. The predicted octanol–water partition coefficient (Wildman–Crippen LogP) is 2.33. The van der Waals surface area contributed by atoms with E-state index < -0.39 is 0 Å². The number of imidazole rings is 1. The topological polar surface area (TPSA) is 54.5 Å². The Balaban J connectivity index is 2.15. The molecule has 0 fully saturated rings. The molecule has 0 aliphatic rings. The second-order valence-electron chi connectivity index (χ2n) is 3.65. The van der Waals surface area contributed by atoms with Crippen molar-refractivity contribution < 1.29 is 0 Å². The van der Waals surface area contributed by atoms with E-state index in [9.17, 15) is 0 Å². The van der Waals surface area contributed by atoms with Crippen LogP contribution in [0.5, 0.6) is 0 Å². The van der Waals surface area contributed by atoms with Crippen molar-refractivity contribution >= 4 is 11.2 Å². The predicted molar refractivity (Wildman–Crippen MR) is 61.9 cm³/mol. The fourth-order valence-corrected chi connectivity index (χ4v) is 1.59. The van der Waals surface area contributed by atoms with E-state index in [-0.39, 0.29) is 0 Å². The van der Waals surface area contributed by atoms with Gasteiger partial charge in [0.25, 0.3) is 0 Å². The van der Waals surface area contributed by atoms with E-state index in [0.29, 0.717) is 0 Å². The highest BCUT2D eigenvalue weighted by Gasteiger charge is 2.05. The SMILES string of the molecule is Cc1ccc(-c2nc3ncccc3[nH]2)cn1. The molecule has 3 heterocycles. The third-order valence-corrected chi connectivity index (χ3v) is 2.44. The van der Waals surface area contributed by atoms with Gasteiger partial charge in [0.05, 0.1) is 5.52 Å². The van der Waals surface area contributed by atoms with E-state index in [2.05, 4.69) is 19.9 Å². The lowest BCUT2D eigenvalue weighted by molar-refractivity contribution is 1.19. The van der Waals surface area contributed by atoms with Crippen molar-refractivity contribution in [2.75, 3.05) is 0 Å². The Morgan fingerprint density at radius 2 is 2.06 bits per heavy atom. The molecule has 0 atom stereocenters. The van der Waals surface area contributed by atoms with E-state index in [1.54, 1.807) is 6.20 Å². The van der Waals surface area contributed by atoms with Crippen LogP contribution in [0.4, 0.5) is 0 Å². The number of pyridine rings is 2. The van der Waals surface area contributed by atoms with Crippen LogP contribution in [-0.4, -0.2) is 19.9 Å². The van der Waals surface area contributed by atoms with E-state index in [1.165, 1.54) is 0 Å². The summed E-state index contributed by atoms with van der Waals surface area (Å²) < 4.78 is 0. The second kappa shape index (κ2) is 3.41. The van der Waals surface area contributed by atoms with Gasteiger partial charge in [0.2, 0.25) is 0 Å². The van der Waals surface area contributed by atoms with Gasteiger partial charge in [0.15, 0.2) is 5.65 Å². The number of fused-ring (bicyclic) bond motifs is 1. The van der Waals surface area contributed by atoms with Crippen molar-refractivity contribution in [1.82, 2.24) is 19.9 Å². The van der Waals surface area contributed by atoms with Crippen LogP contribution in [0.15, 0.2) is 36.7 Å². The van der Waals surface area contributed by atoms with Gasteiger partial charge in [0.1, 0.15) is 5.82 Å². The summed E-state index contributed by atoms with van der Waals surface area (Å²) in [5, 5.41) is 0. The molecular formula is C12H10N4. The number of hydrogen-bond acceptors (Lipinski definition) is 3. The summed E-state index contributed by atoms with van der Waals surface area (Å²) in [5.41, 5.74) is 3.65. The zero-order valence-electron chi connectivity index (χ0n) is 8.81. The van der Waals surface area contributed by atoms with Gasteiger partial charge < -0.3 is 4.98 Å². The molecule has 0 spiro atoms. The Hall–Kier alpha value is -2.23. The Morgan fingerprint density at radius 3 is 2.81 bits per heavy atom. The number of aryl methyl sites for hydroxylation is 1. The molecule has 0 aliphatic carbocycles. The molecule has 0 aliphatic heterocycles. The average molecular weight is 210 g/mol. The van der Waals surface area contributed by atoms with Gasteiger partial charge in [-0.05, 0) is 31.2 Å². The van der Waals surface area contributed by atoms with Crippen molar-refractivity contribution in [3.8, 4) is 11.4 Å². The summed E-state index contributed by atoms with van der Waals surface area (Å²) in [7, 11) is 0. The zero-order chi connectivity index (χ0) is 11.0. The first-order chi connectivity index (χ1) is 7.83. The monoisotopic (exact) mass is 210 g/mol. The van der Waals surface area contributed by atoms with Crippen molar-refractivity contribution in [3.63, 3.8) is 0 Å². The third kappa shape index (κ3) is 1.44. The Kier molecular flexibility index (Phi) is 1.93. The minimum absolute atomic E-state index is 0.734. The highest BCUT2D eigenvalue weighted by atomic mass is 15.0. The molecule has 0 bridgehead atoms. The molecule has 3 aromatic rings. The maximum Gasteiger partial charge on any atom is 0.178 e. The highest BCUT2D eigenvalue weighted by Crippen LogP contribution is 2.18. The molecule has 1 N–H and O–H groups in total. The van der Waals surface area contributed by atoms with Crippen LogP contribution in [0.25, 0.3) is 22.6 Å². The molecule has 4 nitrogen and oxygen atoms in total. The lowest BCUT2D eigenvalue weighted by Crippen LogP contribution is -1.84. The first kappa shape index (κ1) is 9.03. The number of hydrogen-bond donors (Lipinski definition) is 1. The summed E-state index contributed by atoms with van der Waals surface area (Å²) in [6, 6.07) is 7.81. The molecule has 78 valence electrons. The zero-order valence-corrected chi connectivity index (χ0v) is 8.81. The Labute approximate surface area is 92.4 Å². The number of H-pyrrole nitrogens is 1. The first-order valence-electron chi connectivity index (χ1n) is 5.07. The molecule has 0 saturated heterocycles. The van der Waals surface area contributed by atoms with E-state index in [0.717, 1.165) is 28.2 Å². The molecule has 0 amide bonds. The molecule has 0 radical (unpaired) electrons. The Bertz CT molecular complexity index is 592. The summed E-state index contributed by atoms with van der Waals surface area (Å²) in [4.78, 5) is 16.1. The van der Waals surface area contributed by atoms with Crippen LogP contribution in [0.1, 0.15) is 5.69 Å². The molecule has 16 heavy (non-hydrogen) atoms. The number of nitrogens with zero attached hydrogens (tertiary/aromatic N) is 3. The van der Waals surface area contributed by atoms with Crippen LogP contribution >= 0.6 is 0 Å². The minimum Gasteiger partial charge on any atom is -0.337 e.